The summed E-state index contributed by atoms with van der Waals surface area (Å²) in [6.45, 7) is 7.17. The fourth-order valence-corrected chi connectivity index (χ4v) is 4.69. The Bertz CT molecular complexity index is 1070. The predicted octanol–water partition coefficient (Wildman–Crippen LogP) is 3.67. The van der Waals surface area contributed by atoms with Gasteiger partial charge in [-0.3, -0.25) is 14.4 Å². The second kappa shape index (κ2) is 15.1. The van der Waals surface area contributed by atoms with Crippen molar-refractivity contribution < 1.29 is 24.2 Å². The Morgan fingerprint density at radius 2 is 1.92 bits per heavy atom. The van der Waals surface area contributed by atoms with Gasteiger partial charge < -0.3 is 25.8 Å². The molecular weight excluding hydrogens is 482 g/mol. The van der Waals surface area contributed by atoms with E-state index in [4.69, 9.17) is 9.84 Å². The third-order valence-corrected chi connectivity index (χ3v) is 7.18. The highest BCUT2D eigenvalue weighted by molar-refractivity contribution is 5.88. The zero-order valence-corrected chi connectivity index (χ0v) is 22.6. The van der Waals surface area contributed by atoms with E-state index in [1.165, 1.54) is 12.8 Å². The fourth-order valence-electron chi connectivity index (χ4n) is 4.69. The monoisotopic (exact) mass is 523 g/mol. The third kappa shape index (κ3) is 9.82. The first-order chi connectivity index (χ1) is 18.3. The number of hydrogen-bond acceptors (Lipinski definition) is 5. The van der Waals surface area contributed by atoms with Gasteiger partial charge in [0.25, 0.3) is 0 Å². The van der Waals surface area contributed by atoms with Gasteiger partial charge in [-0.25, -0.2) is 0 Å². The molecular formula is C30H41N3O5. The largest absolute Gasteiger partial charge is 0.494 e. The molecule has 0 saturated carbocycles. The van der Waals surface area contributed by atoms with Gasteiger partial charge in [0.2, 0.25) is 11.8 Å². The highest BCUT2D eigenvalue weighted by Crippen LogP contribution is 2.23. The SMILES string of the molecule is Cc1cc(OCCC2CCCNC2)cc(CNC(=O)C(CCc2ccccc2)NC(=O)CCC(=O)O)c1C. The minimum absolute atomic E-state index is 0.168. The Morgan fingerprint density at radius 3 is 2.63 bits per heavy atom. The summed E-state index contributed by atoms with van der Waals surface area (Å²) in [4.78, 5) is 36.3. The number of rotatable bonds is 14. The van der Waals surface area contributed by atoms with Gasteiger partial charge in [0, 0.05) is 13.0 Å². The molecule has 2 unspecified atom stereocenters. The molecule has 2 atom stereocenters. The average molecular weight is 524 g/mol. The summed E-state index contributed by atoms with van der Waals surface area (Å²) < 4.78 is 6.08. The van der Waals surface area contributed by atoms with Gasteiger partial charge in [0.1, 0.15) is 11.8 Å². The number of piperidine rings is 1. The number of aliphatic carboxylic acids is 1. The number of amides is 2. The molecule has 1 aliphatic heterocycles. The molecule has 0 aromatic heterocycles. The summed E-state index contributed by atoms with van der Waals surface area (Å²) >= 11 is 0. The molecule has 2 aromatic rings. The van der Waals surface area contributed by atoms with E-state index < -0.39 is 17.9 Å². The van der Waals surface area contributed by atoms with Gasteiger partial charge in [-0.15, -0.1) is 0 Å². The van der Waals surface area contributed by atoms with E-state index >= 15 is 0 Å². The number of carboxylic acids is 1. The van der Waals surface area contributed by atoms with Crippen LogP contribution in [0.15, 0.2) is 42.5 Å². The summed E-state index contributed by atoms with van der Waals surface area (Å²) in [5.41, 5.74) is 4.20. The first-order valence-electron chi connectivity index (χ1n) is 13.6. The van der Waals surface area contributed by atoms with Gasteiger partial charge in [-0.1, -0.05) is 30.3 Å². The molecule has 2 aromatic carbocycles. The van der Waals surface area contributed by atoms with E-state index in [9.17, 15) is 14.4 Å². The minimum atomic E-state index is -1.05. The van der Waals surface area contributed by atoms with E-state index in [0.29, 0.717) is 31.9 Å². The van der Waals surface area contributed by atoms with Crippen molar-refractivity contribution in [3.63, 3.8) is 0 Å². The molecule has 4 N–H and O–H groups in total. The van der Waals surface area contributed by atoms with Gasteiger partial charge in [-0.05, 0) is 99.3 Å². The van der Waals surface area contributed by atoms with Crippen LogP contribution in [0.2, 0.25) is 0 Å². The lowest BCUT2D eigenvalue weighted by Crippen LogP contribution is -2.46. The molecule has 0 aliphatic carbocycles. The lowest BCUT2D eigenvalue weighted by Gasteiger charge is -2.23. The highest BCUT2D eigenvalue weighted by atomic mass is 16.5. The molecule has 1 fully saturated rings. The molecule has 206 valence electrons. The van der Waals surface area contributed by atoms with Crippen LogP contribution in [0.25, 0.3) is 0 Å². The maximum Gasteiger partial charge on any atom is 0.303 e. The molecule has 1 heterocycles. The van der Waals surface area contributed by atoms with E-state index in [2.05, 4.69) is 16.0 Å². The van der Waals surface area contributed by atoms with Crippen molar-refractivity contribution in [1.29, 1.82) is 0 Å². The van der Waals surface area contributed by atoms with Crippen LogP contribution in [0.1, 0.15) is 60.8 Å². The van der Waals surface area contributed by atoms with E-state index in [-0.39, 0.29) is 18.7 Å². The molecule has 38 heavy (non-hydrogen) atoms. The van der Waals surface area contributed by atoms with Crippen molar-refractivity contribution in [2.24, 2.45) is 5.92 Å². The van der Waals surface area contributed by atoms with Crippen molar-refractivity contribution >= 4 is 17.8 Å². The van der Waals surface area contributed by atoms with Crippen LogP contribution in [0.5, 0.6) is 5.75 Å². The van der Waals surface area contributed by atoms with Crippen molar-refractivity contribution in [2.75, 3.05) is 19.7 Å². The Hall–Kier alpha value is -3.39. The van der Waals surface area contributed by atoms with Crippen molar-refractivity contribution in [1.82, 2.24) is 16.0 Å². The number of carbonyl (C=O) groups excluding carboxylic acids is 2. The number of hydrogen-bond donors (Lipinski definition) is 4. The van der Waals surface area contributed by atoms with Crippen molar-refractivity contribution in [3.8, 4) is 5.75 Å². The summed E-state index contributed by atoms with van der Waals surface area (Å²) in [5.74, 6) is -0.348. The number of benzene rings is 2. The molecule has 2 amide bonds. The van der Waals surface area contributed by atoms with E-state index in [1.807, 2.05) is 56.3 Å². The maximum atomic E-state index is 13.2. The average Bonchev–Trinajstić information content (AvgIpc) is 2.92. The second-order valence-corrected chi connectivity index (χ2v) is 10.1. The summed E-state index contributed by atoms with van der Waals surface area (Å²) in [5, 5.41) is 18.0. The zero-order chi connectivity index (χ0) is 27.3. The Kier molecular flexibility index (Phi) is 11.6. The summed E-state index contributed by atoms with van der Waals surface area (Å²) in [7, 11) is 0. The third-order valence-electron chi connectivity index (χ3n) is 7.18. The molecule has 0 radical (unpaired) electrons. The van der Waals surface area contributed by atoms with Crippen LogP contribution in [0.4, 0.5) is 0 Å². The topological polar surface area (TPSA) is 117 Å². The zero-order valence-electron chi connectivity index (χ0n) is 22.6. The number of nitrogens with one attached hydrogen (secondary N) is 3. The van der Waals surface area contributed by atoms with Crippen LogP contribution in [0, 0.1) is 19.8 Å². The van der Waals surface area contributed by atoms with E-state index in [1.54, 1.807) is 0 Å². The normalized spacial score (nSPS) is 15.9. The maximum absolute atomic E-state index is 13.2. The van der Waals surface area contributed by atoms with Crippen LogP contribution in [-0.2, 0) is 27.3 Å². The molecule has 0 bridgehead atoms. The van der Waals surface area contributed by atoms with Gasteiger partial charge in [0.15, 0.2) is 0 Å². The van der Waals surface area contributed by atoms with Crippen molar-refractivity contribution in [3.05, 3.63) is 64.7 Å². The van der Waals surface area contributed by atoms with Crippen LogP contribution in [-0.4, -0.2) is 48.6 Å². The van der Waals surface area contributed by atoms with Crippen LogP contribution < -0.4 is 20.7 Å². The standard InChI is InChI=1S/C30H41N3O5/c1-21-17-26(38-16-14-24-9-6-15-31-19-24)18-25(22(21)2)20-32-30(37)27(33-28(34)12-13-29(35)36)11-10-23-7-4-3-5-8-23/h3-5,7-8,17-18,24,27,31H,6,9-16,19-20H2,1-2H3,(H,32,37)(H,33,34)(H,35,36). The summed E-state index contributed by atoms with van der Waals surface area (Å²) in [6.07, 6.45) is 4.03. The highest BCUT2D eigenvalue weighted by Gasteiger charge is 2.21. The number of ether oxygens (including phenoxy) is 1. The minimum Gasteiger partial charge on any atom is -0.494 e. The molecule has 3 rings (SSSR count). The lowest BCUT2D eigenvalue weighted by atomic mass is 9.97. The van der Waals surface area contributed by atoms with Gasteiger partial charge in [-0.2, -0.15) is 0 Å². The number of aryl methyl sites for hydroxylation is 2. The summed E-state index contributed by atoms with van der Waals surface area (Å²) in [6, 6.07) is 13.0. The molecule has 1 saturated heterocycles. The van der Waals surface area contributed by atoms with Crippen LogP contribution in [0.3, 0.4) is 0 Å². The molecule has 0 spiro atoms. The second-order valence-electron chi connectivity index (χ2n) is 10.1. The first-order valence-corrected chi connectivity index (χ1v) is 13.6. The smallest absolute Gasteiger partial charge is 0.303 e. The Balaban J connectivity index is 1.60. The van der Waals surface area contributed by atoms with Gasteiger partial charge >= 0.3 is 5.97 Å². The Morgan fingerprint density at radius 1 is 1.13 bits per heavy atom. The quantitative estimate of drug-likeness (QED) is 0.300. The first kappa shape index (κ1) is 29.2. The number of carbonyl (C=O) groups is 3. The number of carboxylic acid groups (broad SMARTS) is 1. The van der Waals surface area contributed by atoms with Crippen LogP contribution >= 0.6 is 0 Å². The predicted molar refractivity (Wildman–Crippen MR) is 147 cm³/mol. The van der Waals surface area contributed by atoms with Gasteiger partial charge in [0.05, 0.1) is 13.0 Å². The Labute approximate surface area is 225 Å². The fraction of sp³-hybridized carbons (Fsp3) is 0.500. The van der Waals surface area contributed by atoms with Crippen molar-refractivity contribution in [2.45, 2.75) is 71.4 Å². The molecule has 1 aliphatic rings. The lowest BCUT2D eigenvalue weighted by molar-refractivity contribution is -0.139. The molecule has 8 heteroatoms. The molecule has 8 nitrogen and oxygen atoms in total. The van der Waals surface area contributed by atoms with E-state index in [0.717, 1.165) is 47.5 Å².